The van der Waals surface area contributed by atoms with Gasteiger partial charge in [0.1, 0.15) is 4.88 Å². The van der Waals surface area contributed by atoms with E-state index in [1.807, 2.05) is 27.7 Å². The molecule has 0 atom stereocenters. The van der Waals surface area contributed by atoms with E-state index in [1.54, 1.807) is 24.3 Å². The Labute approximate surface area is 228 Å². The Morgan fingerprint density at radius 2 is 1.38 bits per heavy atom. The number of methoxy groups -OCH3 is 2. The molecule has 0 radical (unpaired) electrons. The van der Waals surface area contributed by atoms with Crippen LogP contribution in [-0.2, 0) is 9.31 Å². The fourth-order valence-corrected chi connectivity index (χ4v) is 4.61. The van der Waals surface area contributed by atoms with Crippen molar-refractivity contribution >= 4 is 41.3 Å². The van der Waals surface area contributed by atoms with Gasteiger partial charge in [-0.15, -0.1) is 11.3 Å². The van der Waals surface area contributed by atoms with Crippen molar-refractivity contribution in [3.8, 4) is 21.9 Å². The summed E-state index contributed by atoms with van der Waals surface area (Å²) < 4.78 is 22.1. The van der Waals surface area contributed by atoms with Crippen LogP contribution in [0.15, 0.2) is 48.5 Å². The van der Waals surface area contributed by atoms with Crippen LogP contribution in [0.3, 0.4) is 0 Å². The minimum atomic E-state index is -1.03. The summed E-state index contributed by atoms with van der Waals surface area (Å²) in [5.41, 5.74) is -0.222. The molecular formula is C25H27BN2O10S. The van der Waals surface area contributed by atoms with Gasteiger partial charge in [0.05, 0.1) is 35.3 Å². The third kappa shape index (κ3) is 6.03. The number of nitro groups is 2. The van der Waals surface area contributed by atoms with Crippen LogP contribution in [-0.4, -0.2) is 53.5 Å². The molecule has 1 aliphatic heterocycles. The maximum absolute atomic E-state index is 11.0. The second-order valence-corrected chi connectivity index (χ2v) is 10.4. The smallest absolute Gasteiger partial charge is 0.490 e. The molecule has 39 heavy (non-hydrogen) atoms. The summed E-state index contributed by atoms with van der Waals surface area (Å²) in [5, 5.41) is 30.8. The largest absolute Gasteiger partial charge is 0.498 e. The zero-order valence-electron chi connectivity index (χ0n) is 22.1. The highest BCUT2D eigenvalue weighted by Crippen LogP contribution is 2.41. The van der Waals surface area contributed by atoms with Crippen molar-refractivity contribution in [2.45, 2.75) is 38.9 Å². The van der Waals surface area contributed by atoms with Crippen molar-refractivity contribution < 1.29 is 38.5 Å². The number of para-hydroxylation sites is 2. The van der Waals surface area contributed by atoms with Gasteiger partial charge in [-0.25, -0.2) is 4.79 Å². The third-order valence-corrected chi connectivity index (χ3v) is 7.52. The molecule has 1 saturated heterocycles. The molecule has 206 valence electrons. The first kappa shape index (κ1) is 29.5. The molecule has 0 bridgehead atoms. The van der Waals surface area contributed by atoms with Gasteiger partial charge in [-0.3, -0.25) is 20.2 Å². The highest BCUT2D eigenvalue weighted by Gasteiger charge is 2.53. The first-order chi connectivity index (χ1) is 18.2. The van der Waals surface area contributed by atoms with E-state index in [4.69, 9.17) is 23.9 Å². The minimum absolute atomic E-state index is 0.0975. The quantitative estimate of drug-likeness (QED) is 0.239. The number of nitrogens with zero attached hydrogens (tertiary/aromatic N) is 2. The number of hydrogen-bond donors (Lipinski definition) is 1. The highest BCUT2D eigenvalue weighted by atomic mass is 32.1. The zero-order chi connectivity index (χ0) is 29.1. The average molecular weight is 558 g/mol. The van der Waals surface area contributed by atoms with Gasteiger partial charge in [0.25, 0.3) is 0 Å². The molecule has 4 rings (SSSR count). The molecule has 0 unspecified atom stereocenters. The van der Waals surface area contributed by atoms with Gasteiger partial charge >= 0.3 is 24.5 Å². The molecule has 1 aromatic heterocycles. The van der Waals surface area contributed by atoms with Crippen molar-refractivity contribution in [1.29, 1.82) is 0 Å². The van der Waals surface area contributed by atoms with E-state index < -0.39 is 34.1 Å². The molecule has 1 aliphatic rings. The van der Waals surface area contributed by atoms with Gasteiger partial charge in [-0.05, 0) is 45.9 Å². The summed E-state index contributed by atoms with van der Waals surface area (Å²) in [6.45, 7) is 7.71. The van der Waals surface area contributed by atoms with E-state index >= 15 is 0 Å². The number of carboxylic acids is 1. The standard InChI is InChI=1S/C13H18BNO5.C12H9NO5S/c1-12(2)13(3,4)20-14(19-12)9-7-6-8-10(15(16)17)11(9)18-5;1-18-11-7(3-2-4-8(11)13(16)17)9-5-6-10(19-9)12(14)15/h6-8H,1-5H3;2-6H,1H3,(H,14,15). The van der Waals surface area contributed by atoms with Crippen LogP contribution in [0, 0.1) is 20.2 Å². The number of thiophene rings is 1. The van der Waals surface area contributed by atoms with E-state index in [-0.39, 0.29) is 27.8 Å². The molecule has 2 heterocycles. The number of carbonyl (C=O) groups is 1. The van der Waals surface area contributed by atoms with Crippen molar-refractivity contribution in [2.24, 2.45) is 0 Å². The fraction of sp³-hybridized carbons (Fsp3) is 0.320. The number of aromatic carboxylic acids is 1. The summed E-state index contributed by atoms with van der Waals surface area (Å²) >= 11 is 1.04. The number of hydrogen-bond acceptors (Lipinski definition) is 10. The lowest BCUT2D eigenvalue weighted by molar-refractivity contribution is -0.385. The van der Waals surface area contributed by atoms with Crippen molar-refractivity contribution in [3.05, 3.63) is 73.6 Å². The summed E-state index contributed by atoms with van der Waals surface area (Å²) in [5.74, 6) is -0.720. The number of rotatable bonds is 7. The Hall–Kier alpha value is -4.01. The Bertz CT molecular complexity index is 1390. The van der Waals surface area contributed by atoms with Crippen LogP contribution < -0.4 is 14.9 Å². The van der Waals surface area contributed by atoms with Crippen LogP contribution in [0.25, 0.3) is 10.4 Å². The Morgan fingerprint density at radius 1 is 0.872 bits per heavy atom. The summed E-state index contributed by atoms with van der Waals surface area (Å²) in [7, 11) is 2.06. The monoisotopic (exact) mass is 558 g/mol. The first-order valence-corrected chi connectivity index (χ1v) is 12.4. The lowest BCUT2D eigenvalue weighted by Crippen LogP contribution is -2.41. The second-order valence-electron chi connectivity index (χ2n) is 9.33. The van der Waals surface area contributed by atoms with Gasteiger partial charge in [0, 0.05) is 28.0 Å². The minimum Gasteiger partial charge on any atom is -0.490 e. The van der Waals surface area contributed by atoms with E-state index in [1.165, 1.54) is 38.5 Å². The fourth-order valence-electron chi connectivity index (χ4n) is 3.74. The second kappa shape index (κ2) is 11.4. The van der Waals surface area contributed by atoms with Crippen LogP contribution in [0.5, 0.6) is 11.5 Å². The molecule has 2 aromatic carbocycles. The summed E-state index contributed by atoms with van der Waals surface area (Å²) in [6.07, 6.45) is 0. The predicted molar refractivity (Wildman–Crippen MR) is 145 cm³/mol. The number of benzene rings is 2. The SMILES string of the molecule is COc1c(-c2ccc(C(=O)O)s2)cccc1[N+](=O)[O-].COc1c(B2OC(C)(C)C(C)(C)O2)cccc1[N+](=O)[O-]. The van der Waals surface area contributed by atoms with E-state index in [2.05, 4.69) is 0 Å². The van der Waals surface area contributed by atoms with Crippen molar-refractivity contribution in [2.75, 3.05) is 14.2 Å². The number of nitro benzene ring substituents is 2. The van der Waals surface area contributed by atoms with Gasteiger partial charge in [0.15, 0.2) is 5.75 Å². The molecule has 12 nitrogen and oxygen atoms in total. The molecule has 1 fully saturated rings. The average Bonchev–Trinajstić information content (AvgIpc) is 3.45. The first-order valence-electron chi connectivity index (χ1n) is 11.6. The molecule has 0 amide bonds. The predicted octanol–water partition coefficient (Wildman–Crippen LogP) is 4.93. The molecule has 14 heteroatoms. The Morgan fingerprint density at radius 3 is 1.85 bits per heavy atom. The van der Waals surface area contributed by atoms with Gasteiger partial charge < -0.3 is 23.9 Å². The van der Waals surface area contributed by atoms with Crippen LogP contribution in [0.2, 0.25) is 0 Å². The molecule has 0 aliphatic carbocycles. The van der Waals surface area contributed by atoms with Gasteiger partial charge in [0.2, 0.25) is 5.75 Å². The topological polar surface area (TPSA) is 161 Å². The maximum atomic E-state index is 11.0. The van der Waals surface area contributed by atoms with Crippen LogP contribution >= 0.6 is 11.3 Å². The van der Waals surface area contributed by atoms with Crippen LogP contribution in [0.4, 0.5) is 11.4 Å². The number of ether oxygens (including phenoxy) is 2. The molecule has 0 spiro atoms. The van der Waals surface area contributed by atoms with Crippen molar-refractivity contribution in [1.82, 2.24) is 0 Å². The van der Waals surface area contributed by atoms with Crippen LogP contribution in [0.1, 0.15) is 37.4 Å². The van der Waals surface area contributed by atoms with E-state index in [9.17, 15) is 25.0 Å². The van der Waals surface area contributed by atoms with E-state index in [0.717, 1.165) is 11.3 Å². The normalized spacial score (nSPS) is 15.2. The Balaban J connectivity index is 0.000000216. The summed E-state index contributed by atoms with van der Waals surface area (Å²) in [4.78, 5) is 32.6. The zero-order valence-corrected chi connectivity index (χ0v) is 22.9. The van der Waals surface area contributed by atoms with E-state index in [0.29, 0.717) is 15.9 Å². The lowest BCUT2D eigenvalue weighted by atomic mass is 9.78. The van der Waals surface area contributed by atoms with Gasteiger partial charge in [-0.2, -0.15) is 0 Å². The van der Waals surface area contributed by atoms with Crippen molar-refractivity contribution in [3.63, 3.8) is 0 Å². The molecule has 0 saturated carbocycles. The number of carboxylic acid groups (broad SMARTS) is 1. The lowest BCUT2D eigenvalue weighted by Gasteiger charge is -2.32. The summed E-state index contributed by atoms with van der Waals surface area (Å²) in [6, 6.07) is 12.3. The van der Waals surface area contributed by atoms with Gasteiger partial charge in [-0.1, -0.05) is 18.2 Å². The maximum Gasteiger partial charge on any atom is 0.498 e. The molecule has 1 N–H and O–H groups in total. The molecular weight excluding hydrogens is 531 g/mol. The Kier molecular flexibility index (Phi) is 8.63. The highest BCUT2D eigenvalue weighted by molar-refractivity contribution is 7.17. The third-order valence-electron chi connectivity index (χ3n) is 6.41. The molecule has 3 aromatic rings.